The van der Waals surface area contributed by atoms with Crippen LogP contribution in [0.15, 0.2) is 0 Å². The molecule has 0 saturated carbocycles. The lowest BCUT2D eigenvalue weighted by Gasteiger charge is -2.34. The van der Waals surface area contributed by atoms with E-state index in [4.69, 9.17) is 11.6 Å². The van der Waals surface area contributed by atoms with Gasteiger partial charge in [0.2, 0.25) is 5.91 Å². The maximum Gasteiger partial charge on any atom is 0.327 e. The highest BCUT2D eigenvalue weighted by Gasteiger charge is 2.43. The van der Waals surface area contributed by atoms with Crippen LogP contribution >= 0.6 is 24.2 Å². The molecule has 92 valence electrons. The van der Waals surface area contributed by atoms with E-state index in [0.29, 0.717) is 18.8 Å². The molecule has 6 heteroatoms. The van der Waals surface area contributed by atoms with E-state index in [1.165, 1.54) is 4.90 Å². The minimum atomic E-state index is -1.02. The lowest BCUT2D eigenvalue weighted by Crippen LogP contribution is -2.52. The Hall–Kier alpha value is -0.420. The molecule has 0 aliphatic carbocycles. The minimum Gasteiger partial charge on any atom is -0.480 e. The highest BCUT2D eigenvalue weighted by Crippen LogP contribution is 2.29. The van der Waals surface area contributed by atoms with Gasteiger partial charge in [0.15, 0.2) is 0 Å². The Bertz CT molecular complexity index is 303. The topological polar surface area (TPSA) is 57.6 Å². The average molecular weight is 266 g/mol. The number of thiol groups is 1. The molecule has 1 saturated heterocycles. The molecule has 0 radical (unpaired) electrons. The third kappa shape index (κ3) is 2.83. The number of likely N-dealkylation sites (tertiary alicyclic amines) is 1. The molecule has 1 unspecified atom stereocenters. The van der Waals surface area contributed by atoms with Crippen LogP contribution in [0.4, 0.5) is 0 Å². The van der Waals surface area contributed by atoms with Gasteiger partial charge in [0.05, 0.1) is 0 Å². The summed E-state index contributed by atoms with van der Waals surface area (Å²) in [5.41, 5.74) is 0. The van der Waals surface area contributed by atoms with Crippen LogP contribution in [-0.2, 0) is 9.59 Å². The Balaban J connectivity index is 2.89. The van der Waals surface area contributed by atoms with Gasteiger partial charge in [-0.2, -0.15) is 12.6 Å². The third-order valence-electron chi connectivity index (χ3n) is 2.67. The number of nitrogens with zero attached hydrogens (tertiary/aromatic N) is 1. The van der Waals surface area contributed by atoms with Crippen molar-refractivity contribution in [2.75, 3.05) is 12.4 Å². The number of carbonyl (C=O) groups is 2. The second-order valence-corrected chi connectivity index (χ2v) is 6.13. The van der Waals surface area contributed by atoms with E-state index >= 15 is 0 Å². The van der Waals surface area contributed by atoms with Gasteiger partial charge in [0.1, 0.15) is 6.04 Å². The van der Waals surface area contributed by atoms with Gasteiger partial charge in [-0.1, -0.05) is 0 Å². The first-order valence-corrected chi connectivity index (χ1v) is 6.06. The normalized spacial score (nSPS) is 23.6. The van der Waals surface area contributed by atoms with Crippen molar-refractivity contribution in [3.63, 3.8) is 0 Å². The zero-order valence-corrected chi connectivity index (χ0v) is 11.0. The molecule has 1 amide bonds. The number of hydrogen-bond donors (Lipinski definition) is 2. The van der Waals surface area contributed by atoms with E-state index in [1.807, 2.05) is 0 Å². The molecule has 1 heterocycles. The molecule has 1 aliphatic rings. The second kappa shape index (κ2) is 4.84. The van der Waals surface area contributed by atoms with Crippen LogP contribution in [0, 0.1) is 5.92 Å². The van der Waals surface area contributed by atoms with E-state index in [1.54, 1.807) is 13.8 Å². The average Bonchev–Trinajstić information content (AvgIpc) is 2.44. The van der Waals surface area contributed by atoms with Crippen LogP contribution < -0.4 is 0 Å². The number of carbonyl (C=O) groups excluding carboxylic acids is 1. The van der Waals surface area contributed by atoms with Gasteiger partial charge in [-0.05, 0) is 19.8 Å². The number of hydrogen-bond acceptors (Lipinski definition) is 3. The van der Waals surface area contributed by atoms with E-state index in [9.17, 15) is 14.7 Å². The highest BCUT2D eigenvalue weighted by atomic mass is 35.5. The molecular weight excluding hydrogens is 250 g/mol. The molecule has 0 aromatic carbocycles. The summed E-state index contributed by atoms with van der Waals surface area (Å²) in [6, 6.07) is -0.906. The predicted molar refractivity (Wildman–Crippen MR) is 65.0 cm³/mol. The van der Waals surface area contributed by atoms with Crippen LogP contribution in [0.2, 0.25) is 0 Å². The number of carboxylic acids is 1. The standard InChI is InChI=1S/C10H16ClNO3S/c1-10(2,16)8(9(14)15)12-5-6(4-11)3-7(12)13/h6,8,16H,3-5H2,1-2H3,(H,14,15)/t6?,8-/m1/s1. The number of amides is 1. The summed E-state index contributed by atoms with van der Waals surface area (Å²) < 4.78 is -0.775. The van der Waals surface area contributed by atoms with E-state index in [0.717, 1.165) is 0 Å². The molecule has 0 spiro atoms. The van der Waals surface area contributed by atoms with Gasteiger partial charge in [-0.25, -0.2) is 4.79 Å². The largest absolute Gasteiger partial charge is 0.480 e. The summed E-state index contributed by atoms with van der Waals surface area (Å²) in [6.45, 7) is 3.79. The molecule has 4 nitrogen and oxygen atoms in total. The summed E-state index contributed by atoms with van der Waals surface area (Å²) >= 11 is 9.95. The van der Waals surface area contributed by atoms with E-state index in [-0.39, 0.29) is 11.8 Å². The van der Waals surface area contributed by atoms with Gasteiger partial charge >= 0.3 is 5.97 Å². The lowest BCUT2D eigenvalue weighted by atomic mass is 10.0. The zero-order chi connectivity index (χ0) is 12.5. The first-order chi connectivity index (χ1) is 7.27. The van der Waals surface area contributed by atoms with E-state index in [2.05, 4.69) is 12.6 Å². The van der Waals surface area contributed by atoms with Gasteiger partial charge in [0.25, 0.3) is 0 Å². The first kappa shape index (κ1) is 13.6. The molecule has 1 N–H and O–H groups in total. The van der Waals surface area contributed by atoms with Crippen molar-refractivity contribution in [1.29, 1.82) is 0 Å². The van der Waals surface area contributed by atoms with Crippen molar-refractivity contribution in [2.24, 2.45) is 5.92 Å². The van der Waals surface area contributed by atoms with Crippen LogP contribution in [0.3, 0.4) is 0 Å². The molecule has 0 aromatic rings. The van der Waals surface area contributed by atoms with Crippen LogP contribution in [0.1, 0.15) is 20.3 Å². The third-order valence-corrected chi connectivity index (χ3v) is 3.35. The van der Waals surface area contributed by atoms with Crippen molar-refractivity contribution in [3.05, 3.63) is 0 Å². The smallest absolute Gasteiger partial charge is 0.327 e. The van der Waals surface area contributed by atoms with Crippen molar-refractivity contribution < 1.29 is 14.7 Å². The molecule has 1 fully saturated rings. The fourth-order valence-electron chi connectivity index (χ4n) is 1.98. The van der Waals surface area contributed by atoms with Crippen molar-refractivity contribution >= 4 is 36.1 Å². The van der Waals surface area contributed by atoms with Crippen molar-refractivity contribution in [2.45, 2.75) is 31.1 Å². The first-order valence-electron chi connectivity index (χ1n) is 5.08. The maximum atomic E-state index is 11.7. The number of halogens is 1. The number of rotatable bonds is 4. The quantitative estimate of drug-likeness (QED) is 0.594. The SMILES string of the molecule is CC(C)(S)[C@@H](C(=O)O)N1CC(CCl)CC1=O. The summed E-state index contributed by atoms with van der Waals surface area (Å²) in [5, 5.41) is 9.17. The van der Waals surface area contributed by atoms with Gasteiger partial charge in [0, 0.05) is 23.6 Å². The summed E-state index contributed by atoms with van der Waals surface area (Å²) in [6.07, 6.45) is 0.330. The lowest BCUT2D eigenvalue weighted by molar-refractivity contribution is -0.149. The Morgan fingerprint density at radius 3 is 2.62 bits per heavy atom. The second-order valence-electron chi connectivity index (χ2n) is 4.66. The van der Waals surface area contributed by atoms with Crippen LogP contribution in [-0.4, -0.2) is 45.1 Å². The fourth-order valence-corrected chi connectivity index (χ4v) is 2.43. The van der Waals surface area contributed by atoms with Crippen molar-refractivity contribution in [1.82, 2.24) is 4.90 Å². The maximum absolute atomic E-state index is 11.7. The summed E-state index contributed by atoms with van der Waals surface area (Å²) in [7, 11) is 0. The van der Waals surface area contributed by atoms with Crippen molar-refractivity contribution in [3.8, 4) is 0 Å². The molecule has 16 heavy (non-hydrogen) atoms. The summed E-state index contributed by atoms with van der Waals surface area (Å²) in [5.74, 6) is -0.753. The number of carboxylic acid groups (broad SMARTS) is 1. The van der Waals surface area contributed by atoms with Gasteiger partial charge < -0.3 is 10.0 Å². The minimum absolute atomic E-state index is 0.0479. The zero-order valence-electron chi connectivity index (χ0n) is 9.31. The van der Waals surface area contributed by atoms with Gasteiger partial charge in [-0.3, -0.25) is 4.79 Å². The molecule has 2 atom stereocenters. The van der Waals surface area contributed by atoms with Gasteiger partial charge in [-0.15, -0.1) is 11.6 Å². The van der Waals surface area contributed by atoms with E-state index < -0.39 is 16.8 Å². The Morgan fingerprint density at radius 1 is 1.75 bits per heavy atom. The Kier molecular flexibility index (Phi) is 4.12. The molecule has 0 bridgehead atoms. The molecular formula is C10H16ClNO3S. The molecule has 0 aromatic heterocycles. The fraction of sp³-hybridized carbons (Fsp3) is 0.800. The summed E-state index contributed by atoms with van der Waals surface area (Å²) in [4.78, 5) is 24.3. The van der Waals surface area contributed by atoms with Crippen LogP contribution in [0.5, 0.6) is 0 Å². The number of alkyl halides is 1. The molecule has 1 rings (SSSR count). The predicted octanol–water partition coefficient (Wildman–Crippen LogP) is 1.24. The highest BCUT2D eigenvalue weighted by molar-refractivity contribution is 7.81. The van der Waals surface area contributed by atoms with Crippen LogP contribution in [0.25, 0.3) is 0 Å². The molecule has 1 aliphatic heterocycles. The Labute approximate surface area is 105 Å². The Morgan fingerprint density at radius 2 is 2.31 bits per heavy atom. The monoisotopic (exact) mass is 265 g/mol. The number of aliphatic carboxylic acids is 1.